The summed E-state index contributed by atoms with van der Waals surface area (Å²) in [4.78, 5) is 17.2. The first-order valence-electron chi connectivity index (χ1n) is 7.38. The maximum absolute atomic E-state index is 12.9. The average Bonchev–Trinajstić information content (AvgIpc) is 2.76. The zero-order valence-corrected chi connectivity index (χ0v) is 12.6. The van der Waals surface area contributed by atoms with Gasteiger partial charge in [-0.15, -0.1) is 0 Å². The fourth-order valence-electron chi connectivity index (χ4n) is 3.25. The maximum atomic E-state index is 12.9. The van der Waals surface area contributed by atoms with Gasteiger partial charge in [-0.25, -0.2) is 0 Å². The molecule has 5 nitrogen and oxygen atoms in total. The molecule has 1 aromatic carbocycles. The van der Waals surface area contributed by atoms with E-state index in [0.29, 0.717) is 23.8 Å². The molecule has 0 radical (unpaired) electrons. The molecule has 2 bridgehead atoms. The van der Waals surface area contributed by atoms with Crippen molar-refractivity contribution in [2.45, 2.75) is 6.04 Å². The van der Waals surface area contributed by atoms with Crippen molar-refractivity contribution in [3.05, 3.63) is 29.8 Å². The van der Waals surface area contributed by atoms with E-state index in [0.717, 1.165) is 26.2 Å². The van der Waals surface area contributed by atoms with Gasteiger partial charge in [0.1, 0.15) is 5.75 Å². The predicted molar refractivity (Wildman–Crippen MR) is 79.6 cm³/mol. The standard InChI is InChI=1S/C16H22N2O3/c1-17-7-12-8-18(14(9-17)11-21-10-12)16(19)13-4-3-5-15(6-13)20-2/h3-6,12,14H,7-11H2,1-2H3/t12-,14-/m0/s1. The van der Waals surface area contributed by atoms with Crippen LogP contribution >= 0.6 is 0 Å². The third-order valence-electron chi connectivity index (χ3n) is 4.23. The van der Waals surface area contributed by atoms with Gasteiger partial charge in [-0.05, 0) is 25.2 Å². The highest BCUT2D eigenvalue weighted by atomic mass is 16.5. The minimum Gasteiger partial charge on any atom is -0.497 e. The number of hydrogen-bond acceptors (Lipinski definition) is 4. The first-order chi connectivity index (χ1) is 10.2. The minimum atomic E-state index is 0.0738. The Morgan fingerprint density at radius 2 is 2.14 bits per heavy atom. The maximum Gasteiger partial charge on any atom is 0.254 e. The Kier molecular flexibility index (Phi) is 4.12. The molecule has 0 spiro atoms. The van der Waals surface area contributed by atoms with E-state index >= 15 is 0 Å². The van der Waals surface area contributed by atoms with E-state index in [1.807, 2.05) is 29.2 Å². The van der Waals surface area contributed by atoms with Crippen molar-refractivity contribution >= 4 is 5.91 Å². The molecule has 114 valence electrons. The van der Waals surface area contributed by atoms with Gasteiger partial charge in [0.25, 0.3) is 5.91 Å². The lowest BCUT2D eigenvalue weighted by molar-refractivity contribution is 0.0483. The Labute approximate surface area is 125 Å². The Hall–Kier alpha value is -1.59. The lowest BCUT2D eigenvalue weighted by atomic mass is 10.1. The number of benzene rings is 1. The number of nitrogens with zero attached hydrogens (tertiary/aromatic N) is 2. The number of likely N-dealkylation sites (N-methyl/N-ethyl adjacent to an activating group) is 1. The largest absolute Gasteiger partial charge is 0.497 e. The molecule has 3 rings (SSSR count). The molecule has 0 saturated carbocycles. The second-order valence-electron chi connectivity index (χ2n) is 5.97. The summed E-state index contributed by atoms with van der Waals surface area (Å²) in [6.45, 7) is 3.98. The summed E-state index contributed by atoms with van der Waals surface area (Å²) in [6.07, 6.45) is 0. The van der Waals surface area contributed by atoms with Crippen LogP contribution in [-0.4, -0.2) is 68.8 Å². The predicted octanol–water partition coefficient (Wildman–Crippen LogP) is 1.10. The van der Waals surface area contributed by atoms with Crippen molar-refractivity contribution in [2.24, 2.45) is 5.92 Å². The molecule has 2 aliphatic heterocycles. The van der Waals surface area contributed by atoms with Crippen LogP contribution in [0.3, 0.4) is 0 Å². The number of hydrogen-bond donors (Lipinski definition) is 0. The van der Waals surface area contributed by atoms with Gasteiger partial charge in [0.2, 0.25) is 0 Å². The fourth-order valence-corrected chi connectivity index (χ4v) is 3.25. The van der Waals surface area contributed by atoms with Crippen LogP contribution < -0.4 is 4.74 Å². The van der Waals surface area contributed by atoms with Gasteiger partial charge in [0, 0.05) is 31.1 Å². The third kappa shape index (κ3) is 3.04. The second-order valence-corrected chi connectivity index (χ2v) is 5.97. The first-order valence-corrected chi connectivity index (χ1v) is 7.38. The number of amides is 1. The highest BCUT2D eigenvalue weighted by molar-refractivity contribution is 5.95. The van der Waals surface area contributed by atoms with Crippen LogP contribution in [0.1, 0.15) is 10.4 Å². The zero-order chi connectivity index (χ0) is 14.8. The summed E-state index contributed by atoms with van der Waals surface area (Å²) in [6, 6.07) is 7.50. The van der Waals surface area contributed by atoms with Crippen LogP contribution in [0.15, 0.2) is 24.3 Å². The van der Waals surface area contributed by atoms with Gasteiger partial charge in [-0.1, -0.05) is 6.07 Å². The Morgan fingerprint density at radius 1 is 1.29 bits per heavy atom. The molecular formula is C16H22N2O3. The van der Waals surface area contributed by atoms with Crippen LogP contribution in [0, 0.1) is 5.92 Å². The van der Waals surface area contributed by atoms with Crippen LogP contribution in [-0.2, 0) is 4.74 Å². The monoisotopic (exact) mass is 290 g/mol. The van der Waals surface area contributed by atoms with E-state index in [1.165, 1.54) is 0 Å². The number of carbonyl (C=O) groups is 1. The van der Waals surface area contributed by atoms with Gasteiger partial charge in [-0.2, -0.15) is 0 Å². The smallest absolute Gasteiger partial charge is 0.254 e. The molecular weight excluding hydrogens is 268 g/mol. The molecule has 0 unspecified atom stereocenters. The van der Waals surface area contributed by atoms with E-state index in [9.17, 15) is 4.79 Å². The van der Waals surface area contributed by atoms with E-state index in [1.54, 1.807) is 7.11 Å². The molecule has 21 heavy (non-hydrogen) atoms. The molecule has 0 N–H and O–H groups in total. The third-order valence-corrected chi connectivity index (χ3v) is 4.23. The highest BCUT2D eigenvalue weighted by Crippen LogP contribution is 2.22. The summed E-state index contributed by atoms with van der Waals surface area (Å²) < 4.78 is 10.9. The average molecular weight is 290 g/mol. The Balaban J connectivity index is 1.85. The van der Waals surface area contributed by atoms with Crippen LogP contribution in [0.2, 0.25) is 0 Å². The van der Waals surface area contributed by atoms with Crippen molar-refractivity contribution < 1.29 is 14.3 Å². The number of rotatable bonds is 2. The summed E-state index contributed by atoms with van der Waals surface area (Å²) >= 11 is 0. The highest BCUT2D eigenvalue weighted by Gasteiger charge is 2.35. The van der Waals surface area contributed by atoms with Crippen LogP contribution in [0.5, 0.6) is 5.75 Å². The second kappa shape index (κ2) is 6.03. The van der Waals surface area contributed by atoms with Gasteiger partial charge < -0.3 is 19.3 Å². The molecule has 0 aliphatic carbocycles. The number of methoxy groups -OCH3 is 1. The summed E-state index contributed by atoms with van der Waals surface area (Å²) in [7, 11) is 3.73. The van der Waals surface area contributed by atoms with E-state index in [2.05, 4.69) is 11.9 Å². The molecule has 2 atom stereocenters. The molecule has 1 aromatic rings. The SMILES string of the molecule is COc1cccc(C(=O)N2C[C@H]3COC[C@@H]2CN(C)C3)c1. The summed E-state index contributed by atoms with van der Waals surface area (Å²) in [5, 5.41) is 0. The Morgan fingerprint density at radius 3 is 2.95 bits per heavy atom. The lowest BCUT2D eigenvalue weighted by Gasteiger charge is -2.29. The molecule has 0 aromatic heterocycles. The van der Waals surface area contributed by atoms with Crippen molar-refractivity contribution in [3.8, 4) is 5.75 Å². The summed E-state index contributed by atoms with van der Waals surface area (Å²) in [5.74, 6) is 1.17. The minimum absolute atomic E-state index is 0.0738. The quantitative estimate of drug-likeness (QED) is 0.818. The van der Waals surface area contributed by atoms with E-state index < -0.39 is 0 Å². The number of ether oxygens (including phenoxy) is 2. The molecule has 2 heterocycles. The van der Waals surface area contributed by atoms with Crippen LogP contribution in [0.25, 0.3) is 0 Å². The Bertz CT molecular complexity index is 520. The number of fused-ring (bicyclic) bond motifs is 3. The lowest BCUT2D eigenvalue weighted by Crippen LogP contribution is -2.45. The molecule has 2 aliphatic rings. The topological polar surface area (TPSA) is 42.0 Å². The number of carbonyl (C=O) groups excluding carboxylic acids is 1. The molecule has 2 saturated heterocycles. The van der Waals surface area contributed by atoms with Gasteiger partial charge in [-0.3, -0.25) is 4.79 Å². The van der Waals surface area contributed by atoms with Crippen molar-refractivity contribution in [1.82, 2.24) is 9.80 Å². The fraction of sp³-hybridized carbons (Fsp3) is 0.562. The van der Waals surface area contributed by atoms with E-state index in [4.69, 9.17) is 9.47 Å². The normalized spacial score (nSPS) is 26.3. The van der Waals surface area contributed by atoms with Crippen molar-refractivity contribution in [3.63, 3.8) is 0 Å². The molecule has 2 fully saturated rings. The van der Waals surface area contributed by atoms with Gasteiger partial charge >= 0.3 is 0 Å². The van der Waals surface area contributed by atoms with Gasteiger partial charge in [0.15, 0.2) is 0 Å². The van der Waals surface area contributed by atoms with Crippen molar-refractivity contribution in [2.75, 3.05) is 47.0 Å². The first kappa shape index (κ1) is 14.4. The zero-order valence-electron chi connectivity index (χ0n) is 12.6. The van der Waals surface area contributed by atoms with Gasteiger partial charge in [0.05, 0.1) is 26.4 Å². The summed E-state index contributed by atoms with van der Waals surface area (Å²) in [5.41, 5.74) is 0.685. The van der Waals surface area contributed by atoms with Crippen molar-refractivity contribution in [1.29, 1.82) is 0 Å². The molecule has 5 heteroatoms. The van der Waals surface area contributed by atoms with E-state index in [-0.39, 0.29) is 11.9 Å². The molecule has 1 amide bonds. The van der Waals surface area contributed by atoms with Crippen LogP contribution in [0.4, 0.5) is 0 Å².